The van der Waals surface area contributed by atoms with E-state index in [2.05, 4.69) is 66.9 Å². The largest absolute Gasteiger partial charge is 0.464 e. The molecule has 4 rings (SSSR count). The Morgan fingerprint density at radius 3 is 2.56 bits per heavy atom. The van der Waals surface area contributed by atoms with Crippen molar-refractivity contribution in [1.29, 1.82) is 0 Å². The SMILES string of the molecule is CC(NC1(CNCc2ccc(C3CC3C)o2)CCOCC1)c1ccccc1. The minimum absolute atomic E-state index is 0.0634. The molecule has 146 valence electrons. The molecule has 3 atom stereocenters. The first-order valence-corrected chi connectivity index (χ1v) is 10.3. The molecule has 1 aromatic carbocycles. The number of hydrogen-bond donors (Lipinski definition) is 2. The first kappa shape index (κ1) is 18.7. The predicted molar refractivity (Wildman–Crippen MR) is 108 cm³/mol. The molecule has 4 heteroatoms. The number of ether oxygens (including phenoxy) is 1. The van der Waals surface area contributed by atoms with E-state index in [1.165, 1.54) is 12.0 Å². The highest BCUT2D eigenvalue weighted by Crippen LogP contribution is 2.47. The van der Waals surface area contributed by atoms with Gasteiger partial charge in [-0.1, -0.05) is 37.3 Å². The summed E-state index contributed by atoms with van der Waals surface area (Å²) >= 11 is 0. The number of rotatable bonds is 8. The Labute approximate surface area is 162 Å². The quantitative estimate of drug-likeness (QED) is 0.725. The van der Waals surface area contributed by atoms with Crippen LogP contribution in [0.2, 0.25) is 0 Å². The molecule has 2 aromatic rings. The van der Waals surface area contributed by atoms with Gasteiger partial charge in [-0.2, -0.15) is 0 Å². The molecule has 1 aliphatic carbocycles. The maximum absolute atomic E-state index is 6.04. The minimum atomic E-state index is 0.0634. The van der Waals surface area contributed by atoms with Crippen molar-refractivity contribution in [1.82, 2.24) is 10.6 Å². The van der Waals surface area contributed by atoms with Gasteiger partial charge in [0.05, 0.1) is 6.54 Å². The van der Waals surface area contributed by atoms with Crippen molar-refractivity contribution in [3.05, 3.63) is 59.5 Å². The molecule has 1 aliphatic heterocycles. The summed E-state index contributed by atoms with van der Waals surface area (Å²) < 4.78 is 11.7. The normalized spacial score (nSPS) is 25.3. The summed E-state index contributed by atoms with van der Waals surface area (Å²) in [6, 6.07) is 15.3. The van der Waals surface area contributed by atoms with Crippen molar-refractivity contribution >= 4 is 0 Å². The summed E-state index contributed by atoms with van der Waals surface area (Å²) in [5.41, 5.74) is 1.39. The van der Waals surface area contributed by atoms with E-state index in [-0.39, 0.29) is 5.54 Å². The van der Waals surface area contributed by atoms with Crippen LogP contribution in [-0.2, 0) is 11.3 Å². The number of benzene rings is 1. The van der Waals surface area contributed by atoms with Crippen LogP contribution in [0.15, 0.2) is 46.9 Å². The Balaban J connectivity index is 1.34. The Morgan fingerprint density at radius 1 is 1.11 bits per heavy atom. The predicted octanol–water partition coefficient (Wildman–Crippen LogP) is 4.39. The molecule has 3 unspecified atom stereocenters. The van der Waals surface area contributed by atoms with Crippen LogP contribution >= 0.6 is 0 Å². The van der Waals surface area contributed by atoms with Gasteiger partial charge in [0.1, 0.15) is 11.5 Å². The monoisotopic (exact) mass is 368 g/mol. The zero-order valence-corrected chi connectivity index (χ0v) is 16.5. The molecular weight excluding hydrogens is 336 g/mol. The summed E-state index contributed by atoms with van der Waals surface area (Å²) in [6.07, 6.45) is 3.32. The fourth-order valence-corrected chi connectivity index (χ4v) is 4.25. The van der Waals surface area contributed by atoms with Gasteiger partial charge in [0, 0.05) is 37.3 Å². The Bertz CT molecular complexity index is 721. The van der Waals surface area contributed by atoms with Gasteiger partial charge in [0.15, 0.2) is 0 Å². The topological polar surface area (TPSA) is 46.4 Å². The van der Waals surface area contributed by atoms with Crippen LogP contribution in [0.1, 0.15) is 62.2 Å². The maximum Gasteiger partial charge on any atom is 0.117 e. The molecule has 0 radical (unpaired) electrons. The van der Waals surface area contributed by atoms with Gasteiger partial charge in [-0.25, -0.2) is 0 Å². The van der Waals surface area contributed by atoms with E-state index < -0.39 is 0 Å². The average Bonchev–Trinajstić information content (AvgIpc) is 3.24. The third kappa shape index (κ3) is 4.63. The highest BCUT2D eigenvalue weighted by atomic mass is 16.5. The van der Waals surface area contributed by atoms with Crippen molar-refractivity contribution in [2.24, 2.45) is 5.92 Å². The minimum Gasteiger partial charge on any atom is -0.464 e. The molecule has 4 nitrogen and oxygen atoms in total. The zero-order chi connectivity index (χ0) is 18.7. The van der Waals surface area contributed by atoms with E-state index in [9.17, 15) is 0 Å². The summed E-state index contributed by atoms with van der Waals surface area (Å²) in [5.74, 6) is 3.64. The molecule has 1 saturated carbocycles. The number of hydrogen-bond acceptors (Lipinski definition) is 4. The second-order valence-corrected chi connectivity index (χ2v) is 8.40. The van der Waals surface area contributed by atoms with Gasteiger partial charge in [-0.05, 0) is 49.8 Å². The second-order valence-electron chi connectivity index (χ2n) is 8.40. The Hall–Kier alpha value is -1.62. The molecule has 0 bridgehead atoms. The molecule has 2 fully saturated rings. The highest BCUT2D eigenvalue weighted by molar-refractivity contribution is 5.19. The molecule has 0 spiro atoms. The molecule has 0 amide bonds. The van der Waals surface area contributed by atoms with Crippen LogP contribution in [0, 0.1) is 5.92 Å². The van der Waals surface area contributed by atoms with E-state index >= 15 is 0 Å². The van der Waals surface area contributed by atoms with Gasteiger partial charge in [0.2, 0.25) is 0 Å². The molecule has 2 aliphatic rings. The van der Waals surface area contributed by atoms with Crippen LogP contribution in [0.25, 0.3) is 0 Å². The van der Waals surface area contributed by atoms with Crippen molar-refractivity contribution in [3.63, 3.8) is 0 Å². The lowest BCUT2D eigenvalue weighted by Crippen LogP contribution is -2.56. The zero-order valence-electron chi connectivity index (χ0n) is 16.5. The van der Waals surface area contributed by atoms with Crippen molar-refractivity contribution in [2.45, 2.75) is 57.2 Å². The highest BCUT2D eigenvalue weighted by Gasteiger charge is 2.37. The van der Waals surface area contributed by atoms with Crippen LogP contribution in [0.5, 0.6) is 0 Å². The lowest BCUT2D eigenvalue weighted by Gasteiger charge is -2.40. The van der Waals surface area contributed by atoms with E-state index in [0.29, 0.717) is 12.0 Å². The second kappa shape index (κ2) is 8.17. The van der Waals surface area contributed by atoms with Gasteiger partial charge < -0.3 is 19.8 Å². The number of furan rings is 1. The van der Waals surface area contributed by atoms with Crippen LogP contribution in [0.4, 0.5) is 0 Å². The summed E-state index contributed by atoms with van der Waals surface area (Å²) in [4.78, 5) is 0. The van der Waals surface area contributed by atoms with E-state index in [4.69, 9.17) is 9.15 Å². The summed E-state index contributed by atoms with van der Waals surface area (Å²) in [7, 11) is 0. The van der Waals surface area contributed by atoms with Crippen LogP contribution in [0.3, 0.4) is 0 Å². The van der Waals surface area contributed by atoms with Crippen LogP contribution < -0.4 is 10.6 Å². The molecule has 2 heterocycles. The lowest BCUT2D eigenvalue weighted by atomic mass is 9.88. The number of nitrogens with one attached hydrogen (secondary N) is 2. The first-order valence-electron chi connectivity index (χ1n) is 10.3. The first-order chi connectivity index (χ1) is 13.2. The fourth-order valence-electron chi connectivity index (χ4n) is 4.25. The fraction of sp³-hybridized carbons (Fsp3) is 0.565. The molecule has 27 heavy (non-hydrogen) atoms. The summed E-state index contributed by atoms with van der Waals surface area (Å²) in [5, 5.41) is 7.54. The van der Waals surface area contributed by atoms with Gasteiger partial charge >= 0.3 is 0 Å². The van der Waals surface area contributed by atoms with Crippen LogP contribution in [-0.4, -0.2) is 25.3 Å². The van der Waals surface area contributed by atoms with Crippen molar-refractivity contribution in [3.8, 4) is 0 Å². The lowest BCUT2D eigenvalue weighted by molar-refractivity contribution is 0.0335. The van der Waals surface area contributed by atoms with E-state index in [1.807, 2.05) is 0 Å². The molecular formula is C23H32N2O2. The van der Waals surface area contributed by atoms with Gasteiger partial charge in [0.25, 0.3) is 0 Å². The third-order valence-corrected chi connectivity index (χ3v) is 6.19. The smallest absolute Gasteiger partial charge is 0.117 e. The van der Waals surface area contributed by atoms with Crippen molar-refractivity contribution in [2.75, 3.05) is 19.8 Å². The summed E-state index contributed by atoms with van der Waals surface area (Å²) in [6.45, 7) is 7.89. The average molecular weight is 369 g/mol. The third-order valence-electron chi connectivity index (χ3n) is 6.19. The Morgan fingerprint density at radius 2 is 1.85 bits per heavy atom. The standard InChI is InChI=1S/C23H32N2O2/c1-17-14-21(17)22-9-8-20(27-22)15-24-16-23(10-12-26-13-11-23)25-18(2)19-6-4-3-5-7-19/h3-9,17-18,21,24-25H,10-16H2,1-2H3. The van der Waals surface area contributed by atoms with Gasteiger partial charge in [-0.3, -0.25) is 0 Å². The Kier molecular flexibility index (Phi) is 5.67. The van der Waals surface area contributed by atoms with E-state index in [1.54, 1.807) is 0 Å². The molecule has 1 saturated heterocycles. The van der Waals surface area contributed by atoms with E-state index in [0.717, 1.165) is 56.6 Å². The molecule has 1 aromatic heterocycles. The van der Waals surface area contributed by atoms with Crippen molar-refractivity contribution < 1.29 is 9.15 Å². The van der Waals surface area contributed by atoms with Gasteiger partial charge in [-0.15, -0.1) is 0 Å². The maximum atomic E-state index is 6.04. The molecule has 2 N–H and O–H groups in total.